The fourth-order valence-electron chi connectivity index (χ4n) is 1.67. The quantitative estimate of drug-likeness (QED) is 0.231. The molecule has 0 aliphatic rings. The third-order valence-corrected chi connectivity index (χ3v) is 5.19. The smallest absolute Gasteiger partial charge is 0.408 e. The molecule has 1 atom stereocenters. The number of hydrogen-bond acceptors (Lipinski definition) is 9. The number of thioether (sulfide) groups is 1. The Morgan fingerprint density at radius 1 is 1.48 bits per heavy atom. The van der Waals surface area contributed by atoms with Gasteiger partial charge < -0.3 is 25.7 Å². The molecule has 15 heteroatoms. The first-order valence-electron chi connectivity index (χ1n) is 7.30. The lowest BCUT2D eigenvalue weighted by Gasteiger charge is -2.04. The van der Waals surface area contributed by atoms with Crippen molar-refractivity contribution in [2.24, 2.45) is 10.7 Å². The number of rotatable bonds is 9. The largest absolute Gasteiger partial charge is 0.546 e. The molecule has 2 aromatic heterocycles. The van der Waals surface area contributed by atoms with Crippen LogP contribution in [0.25, 0.3) is 0 Å². The fraction of sp³-hybridized carbons (Fsp3) is 0.500. The summed E-state index contributed by atoms with van der Waals surface area (Å²) in [6, 6.07) is 0. The standard InChI is InChI=1S/C12H16F3N7O2S3/c1-24-9-8(21-27(23)22-9)17-2-3-25-4-7-5-26-11(19-7)20-10(16)18-6-12(13,14)15/h5H,2-4,6H2,1H3,(H,17,21)(H3,16,18,19,20). The molecule has 0 amide bonds. The van der Waals surface area contributed by atoms with Crippen molar-refractivity contribution in [3.05, 3.63) is 11.1 Å². The monoisotopic (exact) mass is 443 g/mol. The molecule has 150 valence electrons. The van der Waals surface area contributed by atoms with Crippen LogP contribution in [0.5, 0.6) is 5.88 Å². The van der Waals surface area contributed by atoms with E-state index >= 15 is 0 Å². The van der Waals surface area contributed by atoms with Crippen LogP contribution in [0.15, 0.2) is 10.4 Å². The Balaban J connectivity index is 1.70. The van der Waals surface area contributed by atoms with Gasteiger partial charge in [-0.2, -0.15) is 24.9 Å². The lowest BCUT2D eigenvalue weighted by atomic mass is 10.6. The number of nitrogens with zero attached hydrogens (tertiary/aromatic N) is 4. The lowest BCUT2D eigenvalue weighted by molar-refractivity contribution is -0.118. The van der Waals surface area contributed by atoms with E-state index in [-0.39, 0.29) is 11.8 Å². The molecule has 0 aliphatic heterocycles. The Kier molecular flexibility index (Phi) is 7.88. The Labute approximate surface area is 163 Å². The van der Waals surface area contributed by atoms with Crippen molar-refractivity contribution in [2.75, 3.05) is 36.6 Å². The number of methoxy groups -OCH3 is 1. The van der Waals surface area contributed by atoms with E-state index < -0.39 is 23.9 Å². The Morgan fingerprint density at radius 2 is 2.26 bits per heavy atom. The maximum atomic E-state index is 12.1. The van der Waals surface area contributed by atoms with Gasteiger partial charge in [-0.15, -0.1) is 11.3 Å². The summed E-state index contributed by atoms with van der Waals surface area (Å²) >= 11 is 1.15. The number of nitrogens with two attached hydrogens (primary N) is 1. The molecule has 4 N–H and O–H groups in total. The number of nitrogens with one attached hydrogen (secondary N) is 2. The highest BCUT2D eigenvalue weighted by atomic mass is 32.2. The zero-order valence-electron chi connectivity index (χ0n) is 13.9. The van der Waals surface area contributed by atoms with Crippen LogP contribution in [-0.4, -0.2) is 56.4 Å². The third kappa shape index (κ3) is 7.74. The average Bonchev–Trinajstić information content (AvgIpc) is 3.18. The van der Waals surface area contributed by atoms with Gasteiger partial charge in [0.05, 0.1) is 12.8 Å². The molecule has 0 aromatic carbocycles. The predicted molar refractivity (Wildman–Crippen MR) is 100 cm³/mol. The second-order valence-corrected chi connectivity index (χ2v) is 7.63. The van der Waals surface area contributed by atoms with Gasteiger partial charge in [0.1, 0.15) is 6.54 Å². The number of anilines is 2. The molecule has 0 saturated heterocycles. The van der Waals surface area contributed by atoms with Gasteiger partial charge in [-0.1, -0.05) is 0 Å². The van der Waals surface area contributed by atoms with Crippen LogP contribution >= 0.6 is 34.2 Å². The molecule has 0 bridgehead atoms. The third-order valence-electron chi connectivity index (χ3n) is 2.73. The maximum Gasteiger partial charge on any atom is 0.408 e. The van der Waals surface area contributed by atoms with E-state index in [4.69, 9.17) is 10.5 Å². The highest BCUT2D eigenvalue weighted by Gasteiger charge is 2.26. The topological polar surface area (TPSA) is 133 Å². The van der Waals surface area contributed by atoms with Gasteiger partial charge in [-0.05, 0) is 0 Å². The van der Waals surface area contributed by atoms with Crippen LogP contribution < -0.4 is 21.1 Å². The number of alkyl halides is 3. The van der Waals surface area contributed by atoms with Gasteiger partial charge in [-0.3, -0.25) is 0 Å². The number of aromatic nitrogens is 3. The van der Waals surface area contributed by atoms with Gasteiger partial charge in [0.15, 0.2) is 22.2 Å². The summed E-state index contributed by atoms with van der Waals surface area (Å²) in [6.07, 6.45) is -4.40. The second-order valence-electron chi connectivity index (χ2n) is 4.84. The summed E-state index contributed by atoms with van der Waals surface area (Å²) in [4.78, 5) is 7.43. The molecule has 1 unspecified atom stereocenters. The number of aliphatic imine (C=N–C) groups is 1. The minimum atomic E-state index is -4.40. The van der Waals surface area contributed by atoms with Crippen molar-refractivity contribution in [1.29, 1.82) is 0 Å². The average molecular weight is 444 g/mol. The molecule has 2 heterocycles. The van der Waals surface area contributed by atoms with E-state index in [1.807, 2.05) is 0 Å². The van der Waals surface area contributed by atoms with E-state index in [2.05, 4.69) is 29.4 Å². The number of thiazole rings is 1. The Bertz CT molecular complexity index is 766. The molecular formula is C12H16F3N7O2S3. The van der Waals surface area contributed by atoms with E-state index in [0.717, 1.165) is 5.69 Å². The van der Waals surface area contributed by atoms with Gasteiger partial charge in [0.2, 0.25) is 0 Å². The van der Waals surface area contributed by atoms with E-state index in [1.165, 1.54) is 18.4 Å². The summed E-state index contributed by atoms with van der Waals surface area (Å²) in [7, 11) is 1.42. The molecule has 0 fully saturated rings. The minimum Gasteiger partial charge on any atom is -0.546 e. The van der Waals surface area contributed by atoms with E-state index in [1.54, 1.807) is 17.1 Å². The summed E-state index contributed by atoms with van der Waals surface area (Å²) in [5, 5.41) is 7.66. The summed E-state index contributed by atoms with van der Waals surface area (Å²) in [6.45, 7) is -0.795. The van der Waals surface area contributed by atoms with Crippen molar-refractivity contribution in [3.63, 3.8) is 0 Å². The van der Waals surface area contributed by atoms with Crippen molar-refractivity contribution < 1.29 is 22.5 Å². The number of guanidine groups is 1. The van der Waals surface area contributed by atoms with Gasteiger partial charge in [-0.25, -0.2) is 9.98 Å². The van der Waals surface area contributed by atoms with Gasteiger partial charge >= 0.3 is 12.1 Å². The summed E-state index contributed by atoms with van der Waals surface area (Å²) < 4.78 is 59.8. The molecular weight excluding hydrogens is 427 g/mol. The first kappa shape index (κ1) is 21.5. The van der Waals surface area contributed by atoms with Crippen LogP contribution in [0.3, 0.4) is 0 Å². The van der Waals surface area contributed by atoms with Crippen LogP contribution in [0.2, 0.25) is 0 Å². The molecule has 0 spiro atoms. The fourth-order valence-corrected chi connectivity index (χ4v) is 3.88. The minimum absolute atomic E-state index is 0.207. The number of halogens is 3. The van der Waals surface area contributed by atoms with Crippen LogP contribution in [0.4, 0.5) is 24.1 Å². The van der Waals surface area contributed by atoms with Gasteiger partial charge in [0, 0.05) is 32.2 Å². The van der Waals surface area contributed by atoms with Crippen molar-refractivity contribution in [2.45, 2.75) is 11.9 Å². The first-order valence-corrected chi connectivity index (χ1v) is 10.4. The molecule has 0 aliphatic carbocycles. The molecule has 0 radical (unpaired) electrons. The van der Waals surface area contributed by atoms with Crippen LogP contribution in [0.1, 0.15) is 5.69 Å². The van der Waals surface area contributed by atoms with Crippen molar-refractivity contribution in [1.82, 2.24) is 13.7 Å². The van der Waals surface area contributed by atoms with Gasteiger partial charge in [0.25, 0.3) is 5.82 Å². The lowest BCUT2D eigenvalue weighted by Crippen LogP contribution is -2.25. The normalized spacial score (nSPS) is 12.9. The van der Waals surface area contributed by atoms with Crippen LogP contribution in [0, 0.1) is 0 Å². The van der Waals surface area contributed by atoms with Crippen molar-refractivity contribution in [3.8, 4) is 5.88 Å². The Hall–Kier alpha value is -1.84. The van der Waals surface area contributed by atoms with E-state index in [9.17, 15) is 17.7 Å². The molecule has 2 rings (SSSR count). The molecule has 0 saturated carbocycles. The Morgan fingerprint density at radius 3 is 2.96 bits per heavy atom. The zero-order valence-corrected chi connectivity index (χ0v) is 16.4. The highest BCUT2D eigenvalue weighted by Crippen LogP contribution is 2.24. The van der Waals surface area contributed by atoms with Crippen molar-refractivity contribution >= 4 is 51.1 Å². The predicted octanol–water partition coefficient (Wildman–Crippen LogP) is 2.30. The number of ether oxygens (including phenoxy) is 1. The highest BCUT2D eigenvalue weighted by molar-refractivity contribution is 7.98. The van der Waals surface area contributed by atoms with E-state index in [0.29, 0.717) is 29.0 Å². The number of hydrogen-bond donors (Lipinski definition) is 3. The first-order chi connectivity index (χ1) is 12.8. The molecule has 9 nitrogen and oxygen atoms in total. The second kappa shape index (κ2) is 9.91. The maximum absolute atomic E-state index is 12.1. The zero-order chi connectivity index (χ0) is 19.9. The molecule has 2 aromatic rings. The van der Waals surface area contributed by atoms with Crippen LogP contribution in [-0.2, 0) is 5.75 Å². The SMILES string of the molecule is COc1n[s+]([O-])nc1NCCSCc1csc(NC(N)=NCC(F)(F)F)n1. The summed E-state index contributed by atoms with van der Waals surface area (Å²) in [5.41, 5.74) is 6.15. The summed E-state index contributed by atoms with van der Waals surface area (Å²) in [5.74, 6) is 1.53. The molecule has 27 heavy (non-hydrogen) atoms.